The molecule has 0 saturated carbocycles. The predicted octanol–water partition coefficient (Wildman–Crippen LogP) is 2.25. The van der Waals surface area contributed by atoms with Crippen molar-refractivity contribution >= 4 is 41.1 Å². The van der Waals surface area contributed by atoms with Crippen molar-refractivity contribution in [2.45, 2.75) is 19.4 Å². The van der Waals surface area contributed by atoms with Crippen LogP contribution in [0, 0.1) is 17.6 Å². The zero-order valence-electron chi connectivity index (χ0n) is 24.0. The van der Waals surface area contributed by atoms with E-state index in [1.54, 1.807) is 34.2 Å². The Bertz CT molecular complexity index is 1580. The molecule has 6 rings (SSSR count). The van der Waals surface area contributed by atoms with Gasteiger partial charge in [0, 0.05) is 69.3 Å². The van der Waals surface area contributed by atoms with E-state index in [9.17, 15) is 14.4 Å². The van der Waals surface area contributed by atoms with E-state index >= 15 is 8.78 Å². The van der Waals surface area contributed by atoms with Crippen molar-refractivity contribution < 1.29 is 27.9 Å². The number of carbonyl (C=O) groups is 3. The number of benzene rings is 1. The van der Waals surface area contributed by atoms with Gasteiger partial charge in [0.2, 0.25) is 5.91 Å². The number of hydrogen-bond acceptors (Lipinski definition) is 9. The van der Waals surface area contributed by atoms with Gasteiger partial charge in [0.15, 0.2) is 17.3 Å². The molecule has 2 unspecified atom stereocenters. The zero-order valence-corrected chi connectivity index (χ0v) is 24.0. The highest BCUT2D eigenvalue weighted by atomic mass is 19.1. The lowest BCUT2D eigenvalue weighted by molar-refractivity contribution is -0.130. The molecule has 1 N–H and O–H groups in total. The highest BCUT2D eigenvalue weighted by Crippen LogP contribution is 2.32. The molecule has 230 valence electrons. The Balaban J connectivity index is 1.02. The van der Waals surface area contributed by atoms with E-state index in [0.717, 1.165) is 18.6 Å². The van der Waals surface area contributed by atoms with Crippen molar-refractivity contribution in [2.24, 2.45) is 11.0 Å². The number of hydrogen-bond donors (Lipinski definition) is 1. The Labute approximate surface area is 251 Å². The number of anilines is 2. The number of cyclic esters (lactones) is 1. The lowest BCUT2D eigenvalue weighted by atomic mass is 10.1. The number of halogens is 2. The van der Waals surface area contributed by atoms with E-state index < -0.39 is 29.7 Å². The van der Waals surface area contributed by atoms with Gasteiger partial charge in [-0.05, 0) is 12.3 Å². The minimum atomic E-state index is -0.819. The molecule has 13 nitrogen and oxygen atoms in total. The molecular weight excluding hydrogens is 576 g/mol. The third kappa shape index (κ3) is 6.16. The predicted molar refractivity (Wildman–Crippen MR) is 156 cm³/mol. The van der Waals surface area contributed by atoms with Crippen LogP contribution in [0.3, 0.4) is 0 Å². The third-order valence-electron chi connectivity index (χ3n) is 7.72. The first-order valence-electron chi connectivity index (χ1n) is 14.3. The minimum absolute atomic E-state index is 0.0613. The number of allylic oxidation sites excluding steroid dienone is 1. The largest absolute Gasteiger partial charge is 0.442 e. The van der Waals surface area contributed by atoms with Gasteiger partial charge in [0.25, 0.3) is 5.91 Å². The highest BCUT2D eigenvalue weighted by molar-refractivity contribution is 5.95. The van der Waals surface area contributed by atoms with Gasteiger partial charge in [-0.3, -0.25) is 24.5 Å². The summed E-state index contributed by atoms with van der Waals surface area (Å²) in [6, 6.07) is 2.24. The lowest BCUT2D eigenvalue weighted by Gasteiger charge is -2.36. The van der Waals surface area contributed by atoms with Gasteiger partial charge >= 0.3 is 6.09 Å². The fraction of sp³-hybridized carbons (Fsp3) is 0.379. The van der Waals surface area contributed by atoms with E-state index in [1.807, 2.05) is 12.3 Å². The summed E-state index contributed by atoms with van der Waals surface area (Å²) in [5.74, 6) is -2.11. The summed E-state index contributed by atoms with van der Waals surface area (Å²) in [4.78, 5) is 50.2. The van der Waals surface area contributed by atoms with Crippen LogP contribution in [0.4, 0.5) is 25.0 Å². The third-order valence-corrected chi connectivity index (χ3v) is 7.72. The molecule has 0 radical (unpaired) electrons. The van der Waals surface area contributed by atoms with Gasteiger partial charge in [0.1, 0.15) is 17.5 Å². The molecule has 3 aliphatic rings. The van der Waals surface area contributed by atoms with E-state index in [4.69, 9.17) is 4.74 Å². The monoisotopic (exact) mass is 607 g/mol. The average molecular weight is 608 g/mol. The molecule has 3 amide bonds. The summed E-state index contributed by atoms with van der Waals surface area (Å²) in [6.45, 7) is 3.05. The summed E-state index contributed by atoms with van der Waals surface area (Å²) in [5, 5.41) is 8.60. The van der Waals surface area contributed by atoms with Gasteiger partial charge in [-0.15, -0.1) is 0 Å². The van der Waals surface area contributed by atoms with Crippen LogP contribution < -0.4 is 15.1 Å². The molecule has 44 heavy (non-hydrogen) atoms. The topological polar surface area (TPSA) is 128 Å². The maximum atomic E-state index is 15.3. The SMILES string of the molecule is CC1C=CN(CC2CN(c3cc(F)c(N4CCN(C(=O)CNC(=O)c5cn6ccncc6n5)CC4)c(F)c3)C(=O)O2)N=CC1. The number of rotatable bonds is 7. The fourth-order valence-corrected chi connectivity index (χ4v) is 5.33. The number of nitrogens with zero attached hydrogens (tertiary/aromatic N) is 8. The van der Waals surface area contributed by atoms with Gasteiger partial charge in [-0.1, -0.05) is 13.0 Å². The number of nitrogens with one attached hydrogen (secondary N) is 1. The molecule has 3 aromatic rings. The van der Waals surface area contributed by atoms with Gasteiger partial charge < -0.3 is 24.3 Å². The highest BCUT2D eigenvalue weighted by Gasteiger charge is 2.35. The number of ether oxygens (including phenoxy) is 1. The quantitative estimate of drug-likeness (QED) is 0.434. The molecule has 2 aromatic heterocycles. The number of fused-ring (bicyclic) bond motifs is 1. The van der Waals surface area contributed by atoms with Crippen molar-refractivity contribution in [1.29, 1.82) is 0 Å². The van der Waals surface area contributed by atoms with Crippen molar-refractivity contribution in [3.8, 4) is 0 Å². The Kier molecular flexibility index (Phi) is 8.09. The van der Waals surface area contributed by atoms with Crippen LogP contribution in [0.25, 0.3) is 5.65 Å². The first kappa shape index (κ1) is 29.0. The number of carbonyl (C=O) groups excluding carboxylic acids is 3. The molecule has 15 heteroatoms. The van der Waals surface area contributed by atoms with Crippen LogP contribution in [0.15, 0.2) is 54.3 Å². The average Bonchev–Trinajstić information content (AvgIpc) is 3.55. The second kappa shape index (κ2) is 12.3. The Hall–Kier alpha value is -5.08. The van der Waals surface area contributed by atoms with Crippen molar-refractivity contribution in [1.82, 2.24) is 29.6 Å². The van der Waals surface area contributed by atoms with Crippen LogP contribution in [0.2, 0.25) is 0 Å². The summed E-state index contributed by atoms with van der Waals surface area (Å²) < 4.78 is 37.7. The second-order valence-electron chi connectivity index (χ2n) is 10.9. The lowest BCUT2D eigenvalue weighted by Crippen LogP contribution is -2.51. The number of aromatic nitrogens is 3. The Morgan fingerprint density at radius 3 is 2.66 bits per heavy atom. The van der Waals surface area contributed by atoms with E-state index in [1.165, 1.54) is 20.9 Å². The molecule has 0 spiro atoms. The normalized spacial score (nSPS) is 20.3. The van der Waals surface area contributed by atoms with E-state index in [-0.39, 0.29) is 62.2 Å². The van der Waals surface area contributed by atoms with Gasteiger partial charge in [0.05, 0.1) is 31.5 Å². The number of piperazine rings is 1. The van der Waals surface area contributed by atoms with Crippen LogP contribution in [-0.2, 0) is 9.53 Å². The maximum absolute atomic E-state index is 15.3. The molecular formula is C29H31F2N9O4. The van der Waals surface area contributed by atoms with Gasteiger partial charge in [-0.25, -0.2) is 18.6 Å². The molecule has 5 heterocycles. The summed E-state index contributed by atoms with van der Waals surface area (Å²) in [5.41, 5.74) is 0.494. The molecule has 1 aromatic carbocycles. The van der Waals surface area contributed by atoms with Crippen LogP contribution in [-0.4, -0.2) is 100 Å². The van der Waals surface area contributed by atoms with E-state index in [2.05, 4.69) is 27.3 Å². The molecule has 2 saturated heterocycles. The summed E-state index contributed by atoms with van der Waals surface area (Å²) in [6.07, 6.45) is 11.5. The van der Waals surface area contributed by atoms with Crippen molar-refractivity contribution in [2.75, 3.05) is 55.6 Å². The molecule has 2 fully saturated rings. The summed E-state index contributed by atoms with van der Waals surface area (Å²) in [7, 11) is 0. The molecule has 0 aliphatic carbocycles. The van der Waals surface area contributed by atoms with E-state index in [0.29, 0.717) is 18.1 Å². The fourth-order valence-electron chi connectivity index (χ4n) is 5.33. The Morgan fingerprint density at radius 1 is 1.14 bits per heavy atom. The van der Waals surface area contributed by atoms with Gasteiger partial charge in [-0.2, -0.15) is 5.10 Å². The first-order valence-corrected chi connectivity index (χ1v) is 14.3. The smallest absolute Gasteiger partial charge is 0.414 e. The molecule has 0 bridgehead atoms. The molecule has 3 aliphatic heterocycles. The standard InChI is InChI=1S/C29H31F2N9O4/c1-19-2-4-34-39(6-3-19)16-21-17-40(29(43)44-21)20-12-22(30)27(23(31)13-20)37-10-8-36(9-11-37)26(41)15-33-28(42)24-18-38-7-5-32-14-25(38)35-24/h3-7,12-14,18-19,21H,2,8-11,15-17H2,1H3,(H,33,42). The maximum Gasteiger partial charge on any atom is 0.414 e. The second-order valence-corrected chi connectivity index (χ2v) is 10.9. The zero-order chi connectivity index (χ0) is 30.8. The van der Waals surface area contributed by atoms with Crippen molar-refractivity contribution in [3.63, 3.8) is 0 Å². The first-order chi connectivity index (χ1) is 21.2. The van der Waals surface area contributed by atoms with Crippen molar-refractivity contribution in [3.05, 3.63) is 66.5 Å². The number of amides is 3. The van der Waals surface area contributed by atoms with Crippen LogP contribution in [0.1, 0.15) is 23.8 Å². The molecule has 2 atom stereocenters. The number of imidazole rings is 1. The van der Waals surface area contributed by atoms with Crippen LogP contribution in [0.5, 0.6) is 0 Å². The van der Waals surface area contributed by atoms with Crippen LogP contribution >= 0.6 is 0 Å². The number of hydrazone groups is 1. The minimum Gasteiger partial charge on any atom is -0.442 e. The Morgan fingerprint density at radius 2 is 1.91 bits per heavy atom. The summed E-state index contributed by atoms with van der Waals surface area (Å²) >= 11 is 0.